The molecule has 3 N–H and O–H groups in total. The van der Waals surface area contributed by atoms with Crippen molar-refractivity contribution < 1.29 is 13.2 Å². The molecule has 0 fully saturated rings. The Labute approximate surface area is 145 Å². The topological polar surface area (TPSA) is 76.2 Å². The summed E-state index contributed by atoms with van der Waals surface area (Å²) in [6.07, 6.45) is -4.61. The normalized spacial score (nSPS) is 12.2. The number of aromatic nitrogens is 2. The number of hydrogen-bond donors (Lipinski definition) is 2. The van der Waals surface area contributed by atoms with Gasteiger partial charge in [-0.3, -0.25) is 0 Å². The first-order valence-electron chi connectivity index (χ1n) is 7.08. The van der Waals surface area contributed by atoms with Crippen LogP contribution in [-0.4, -0.2) is 15.9 Å². The average Bonchev–Trinajstić information content (AvgIpc) is 3.09. The lowest BCUT2D eigenvalue weighted by molar-refractivity contribution is -0.141. The van der Waals surface area contributed by atoms with Gasteiger partial charge >= 0.3 is 6.18 Å². The van der Waals surface area contributed by atoms with E-state index < -0.39 is 11.9 Å². The van der Waals surface area contributed by atoms with Crippen LogP contribution in [0.1, 0.15) is 5.69 Å². The number of halogens is 3. The van der Waals surface area contributed by atoms with E-state index in [9.17, 15) is 13.2 Å². The van der Waals surface area contributed by atoms with Crippen LogP contribution in [0.3, 0.4) is 0 Å². The van der Waals surface area contributed by atoms with Gasteiger partial charge in [0.2, 0.25) is 5.96 Å². The maximum Gasteiger partial charge on any atom is 0.433 e. The predicted molar refractivity (Wildman–Crippen MR) is 91.7 cm³/mol. The van der Waals surface area contributed by atoms with E-state index in [4.69, 9.17) is 5.73 Å². The molecule has 0 unspecified atom stereocenters. The number of thiophene rings is 1. The fourth-order valence-corrected chi connectivity index (χ4v) is 2.67. The molecule has 5 nitrogen and oxygen atoms in total. The molecule has 2 heterocycles. The Morgan fingerprint density at radius 2 is 1.84 bits per heavy atom. The molecule has 0 atom stereocenters. The van der Waals surface area contributed by atoms with Crippen LogP contribution in [0.5, 0.6) is 0 Å². The third-order valence-electron chi connectivity index (χ3n) is 3.05. The largest absolute Gasteiger partial charge is 0.433 e. The molecule has 0 saturated heterocycles. The van der Waals surface area contributed by atoms with Gasteiger partial charge < -0.3 is 11.1 Å². The molecule has 0 saturated carbocycles. The van der Waals surface area contributed by atoms with E-state index in [1.54, 1.807) is 41.8 Å². The number of alkyl halides is 3. The molecule has 9 heteroatoms. The van der Waals surface area contributed by atoms with E-state index >= 15 is 0 Å². The van der Waals surface area contributed by atoms with Crippen molar-refractivity contribution >= 4 is 28.9 Å². The summed E-state index contributed by atoms with van der Waals surface area (Å²) in [5.74, 6) is -0.471. The first-order chi connectivity index (χ1) is 11.9. The number of benzene rings is 1. The van der Waals surface area contributed by atoms with E-state index in [0.717, 1.165) is 6.07 Å². The van der Waals surface area contributed by atoms with Crippen LogP contribution in [0, 0.1) is 0 Å². The highest BCUT2D eigenvalue weighted by Gasteiger charge is 2.34. The SMILES string of the molecule is N/C(=N\c1nc(-c2cccs2)cc(C(F)(F)F)n1)Nc1ccccc1. The quantitative estimate of drug-likeness (QED) is 0.538. The van der Waals surface area contributed by atoms with Gasteiger partial charge in [-0.1, -0.05) is 24.3 Å². The minimum absolute atomic E-state index is 0.109. The molecular formula is C16H12F3N5S. The summed E-state index contributed by atoms with van der Waals surface area (Å²) in [7, 11) is 0. The van der Waals surface area contributed by atoms with Crippen molar-refractivity contribution in [2.75, 3.05) is 5.32 Å². The van der Waals surface area contributed by atoms with Crippen LogP contribution >= 0.6 is 11.3 Å². The fourth-order valence-electron chi connectivity index (χ4n) is 1.99. The van der Waals surface area contributed by atoms with Crippen LogP contribution in [-0.2, 0) is 6.18 Å². The van der Waals surface area contributed by atoms with E-state index in [1.165, 1.54) is 11.3 Å². The average molecular weight is 363 g/mol. The smallest absolute Gasteiger partial charge is 0.369 e. The van der Waals surface area contributed by atoms with Gasteiger partial charge in [0, 0.05) is 5.69 Å². The Morgan fingerprint density at radius 3 is 2.48 bits per heavy atom. The first-order valence-corrected chi connectivity index (χ1v) is 7.96. The number of para-hydroxylation sites is 1. The molecular weight excluding hydrogens is 351 g/mol. The lowest BCUT2D eigenvalue weighted by Gasteiger charge is -2.09. The Balaban J connectivity index is 1.97. The summed E-state index contributed by atoms with van der Waals surface area (Å²) in [6, 6.07) is 13.2. The monoisotopic (exact) mass is 363 g/mol. The molecule has 0 spiro atoms. The van der Waals surface area contributed by atoms with Crippen molar-refractivity contribution in [3.63, 3.8) is 0 Å². The standard InChI is InChI=1S/C16H12F3N5S/c17-16(18,19)13-9-11(12-7-4-8-25-12)22-15(23-13)24-14(20)21-10-5-2-1-3-6-10/h1-9H,(H3,20,21,22,23,24). The van der Waals surface area contributed by atoms with Crippen molar-refractivity contribution in [2.24, 2.45) is 10.7 Å². The van der Waals surface area contributed by atoms with E-state index in [1.807, 2.05) is 6.07 Å². The highest BCUT2D eigenvalue weighted by molar-refractivity contribution is 7.13. The maximum atomic E-state index is 13.1. The molecule has 128 valence electrons. The molecule has 1 aromatic carbocycles. The van der Waals surface area contributed by atoms with E-state index in [2.05, 4.69) is 20.3 Å². The lowest BCUT2D eigenvalue weighted by Crippen LogP contribution is -2.22. The second-order valence-corrected chi connectivity index (χ2v) is 5.85. The van der Waals surface area contributed by atoms with Gasteiger partial charge in [0.05, 0.1) is 10.6 Å². The van der Waals surface area contributed by atoms with Gasteiger partial charge in [0.25, 0.3) is 5.95 Å². The highest BCUT2D eigenvalue weighted by Crippen LogP contribution is 2.32. The third-order valence-corrected chi connectivity index (χ3v) is 3.94. The van der Waals surface area contributed by atoms with Crippen LogP contribution < -0.4 is 11.1 Å². The second kappa shape index (κ2) is 6.89. The van der Waals surface area contributed by atoms with Crippen LogP contribution in [0.15, 0.2) is 58.9 Å². The molecule has 0 bridgehead atoms. The number of hydrogen-bond acceptors (Lipinski definition) is 4. The Bertz CT molecular complexity index is 877. The van der Waals surface area contributed by atoms with Gasteiger partial charge in [-0.25, -0.2) is 9.97 Å². The molecule has 0 aliphatic carbocycles. The van der Waals surface area contributed by atoms with E-state index in [0.29, 0.717) is 10.6 Å². The Hall–Kier alpha value is -2.94. The fraction of sp³-hybridized carbons (Fsp3) is 0.0625. The maximum absolute atomic E-state index is 13.1. The highest BCUT2D eigenvalue weighted by atomic mass is 32.1. The molecule has 3 rings (SSSR count). The zero-order valence-corrected chi connectivity index (χ0v) is 13.5. The molecule has 0 aliphatic heterocycles. The summed E-state index contributed by atoms with van der Waals surface area (Å²) in [5, 5.41) is 4.52. The molecule has 3 aromatic rings. The number of aliphatic imine (C=N–C) groups is 1. The third kappa shape index (κ3) is 4.32. The number of rotatable bonds is 3. The first kappa shape index (κ1) is 16.9. The van der Waals surface area contributed by atoms with Gasteiger partial charge in [0.15, 0.2) is 5.69 Å². The summed E-state index contributed by atoms with van der Waals surface area (Å²) in [4.78, 5) is 12.0. The minimum Gasteiger partial charge on any atom is -0.369 e. The zero-order valence-electron chi connectivity index (χ0n) is 12.7. The number of guanidine groups is 1. The molecule has 2 aromatic heterocycles. The summed E-state index contributed by atoms with van der Waals surface area (Å²) in [5.41, 5.74) is 5.46. The van der Waals surface area contributed by atoms with Crippen LogP contribution in [0.25, 0.3) is 10.6 Å². The number of nitrogens with zero attached hydrogens (tertiary/aromatic N) is 3. The van der Waals surface area contributed by atoms with Gasteiger partial charge in [0.1, 0.15) is 0 Å². The van der Waals surface area contributed by atoms with Crippen molar-refractivity contribution in [1.29, 1.82) is 0 Å². The number of nitrogens with two attached hydrogens (primary N) is 1. The molecule has 25 heavy (non-hydrogen) atoms. The lowest BCUT2D eigenvalue weighted by atomic mass is 10.3. The second-order valence-electron chi connectivity index (χ2n) is 4.90. The molecule has 0 aliphatic rings. The van der Waals surface area contributed by atoms with Crippen molar-refractivity contribution in [2.45, 2.75) is 6.18 Å². The van der Waals surface area contributed by atoms with Gasteiger partial charge in [-0.05, 0) is 29.6 Å². The van der Waals surface area contributed by atoms with E-state index in [-0.39, 0.29) is 17.6 Å². The van der Waals surface area contributed by atoms with Gasteiger partial charge in [-0.15, -0.1) is 11.3 Å². The molecule has 0 amide bonds. The van der Waals surface area contributed by atoms with Crippen molar-refractivity contribution in [1.82, 2.24) is 9.97 Å². The van der Waals surface area contributed by atoms with Crippen LogP contribution in [0.4, 0.5) is 24.8 Å². The zero-order chi connectivity index (χ0) is 17.9. The molecule has 0 radical (unpaired) electrons. The van der Waals surface area contributed by atoms with Gasteiger partial charge in [-0.2, -0.15) is 18.2 Å². The van der Waals surface area contributed by atoms with Crippen molar-refractivity contribution in [3.8, 4) is 10.6 Å². The summed E-state index contributed by atoms with van der Waals surface area (Å²) in [6.45, 7) is 0. The predicted octanol–water partition coefficient (Wildman–Crippen LogP) is 4.28. The Morgan fingerprint density at radius 1 is 1.08 bits per heavy atom. The van der Waals surface area contributed by atoms with Crippen LogP contribution in [0.2, 0.25) is 0 Å². The number of nitrogens with one attached hydrogen (secondary N) is 1. The summed E-state index contributed by atoms with van der Waals surface area (Å²) < 4.78 is 39.3. The Kier molecular flexibility index (Phi) is 4.66. The van der Waals surface area contributed by atoms with Crippen molar-refractivity contribution in [3.05, 3.63) is 59.6 Å². The summed E-state index contributed by atoms with van der Waals surface area (Å²) >= 11 is 1.27. The number of anilines is 1. The minimum atomic E-state index is -4.61.